The van der Waals surface area contributed by atoms with E-state index in [2.05, 4.69) is 111 Å². The maximum Gasteiger partial charge on any atom is 0.362 e. The first-order chi connectivity index (χ1) is 27.6. The SMILES string of the molecule is CC/C=C/C/C=C/C/C=C/C/C=C/C/C=C/CCC(=O)OC(COCCC(C(=O)O)[N+](C)(C)C)COC(=O)CCC/C=C/C/C=C/C/C=C/C/C=C/CCCCC. The molecule has 0 aromatic rings. The summed E-state index contributed by atoms with van der Waals surface area (Å²) in [4.78, 5) is 36.9. The Bertz CT molecular complexity index is 1290. The van der Waals surface area contributed by atoms with Gasteiger partial charge in [-0.15, -0.1) is 0 Å². The predicted octanol–water partition coefficient (Wildman–Crippen LogP) is 11.7. The summed E-state index contributed by atoms with van der Waals surface area (Å²) in [5.74, 6) is -1.67. The lowest BCUT2D eigenvalue weighted by molar-refractivity contribution is -0.887. The molecule has 0 bridgehead atoms. The van der Waals surface area contributed by atoms with Gasteiger partial charge >= 0.3 is 17.9 Å². The number of ether oxygens (including phenoxy) is 3. The number of rotatable bonds is 36. The molecular weight excluding hydrogens is 715 g/mol. The number of carbonyl (C=O) groups excluding carboxylic acids is 2. The number of carboxylic acids is 1. The summed E-state index contributed by atoms with van der Waals surface area (Å²) >= 11 is 0. The Morgan fingerprint density at radius 2 is 1.00 bits per heavy atom. The van der Waals surface area contributed by atoms with Gasteiger partial charge in [0.05, 0.1) is 34.4 Å². The molecule has 0 radical (unpaired) electrons. The third-order valence-corrected chi connectivity index (χ3v) is 8.67. The summed E-state index contributed by atoms with van der Waals surface area (Å²) in [6, 6.07) is -0.642. The van der Waals surface area contributed by atoms with Crippen molar-refractivity contribution in [1.82, 2.24) is 0 Å². The summed E-state index contributed by atoms with van der Waals surface area (Å²) in [7, 11) is 5.47. The molecule has 0 aliphatic carbocycles. The van der Waals surface area contributed by atoms with Crippen LogP contribution in [-0.4, -0.2) is 80.6 Å². The summed E-state index contributed by atoms with van der Waals surface area (Å²) in [6.07, 6.45) is 53.0. The van der Waals surface area contributed by atoms with Crippen LogP contribution in [0.25, 0.3) is 0 Å². The van der Waals surface area contributed by atoms with Gasteiger partial charge < -0.3 is 23.8 Å². The zero-order chi connectivity index (χ0) is 42.1. The zero-order valence-corrected chi connectivity index (χ0v) is 36.2. The second-order valence-electron chi connectivity index (χ2n) is 14.9. The van der Waals surface area contributed by atoms with Gasteiger partial charge in [0.25, 0.3) is 0 Å². The molecule has 0 heterocycles. The van der Waals surface area contributed by atoms with Crippen molar-refractivity contribution in [3.63, 3.8) is 0 Å². The minimum atomic E-state index is -0.899. The number of likely N-dealkylation sites (N-methyl/N-ethyl adjacent to an activating group) is 1. The number of quaternary nitrogens is 1. The van der Waals surface area contributed by atoms with E-state index in [1.807, 2.05) is 33.3 Å². The molecule has 0 fully saturated rings. The average molecular weight is 793 g/mol. The largest absolute Gasteiger partial charge is 0.477 e. The van der Waals surface area contributed by atoms with Gasteiger partial charge in [-0.25, -0.2) is 4.79 Å². The number of esters is 2. The van der Waals surface area contributed by atoms with Crippen molar-refractivity contribution in [2.75, 3.05) is 41.0 Å². The Morgan fingerprint density at radius 3 is 1.46 bits per heavy atom. The van der Waals surface area contributed by atoms with Gasteiger partial charge in [-0.05, 0) is 83.5 Å². The first-order valence-electron chi connectivity index (χ1n) is 21.4. The molecule has 1 N–H and O–H groups in total. The first-order valence-corrected chi connectivity index (χ1v) is 21.4. The number of allylic oxidation sites excluding steroid dienone is 18. The van der Waals surface area contributed by atoms with E-state index in [9.17, 15) is 19.5 Å². The van der Waals surface area contributed by atoms with Gasteiger partial charge in [0.15, 0.2) is 12.1 Å². The second kappa shape index (κ2) is 38.8. The standard InChI is InChI=1S/C49H77NO7/c1-6-8-10-12-14-16-18-20-22-24-26-27-29-31-33-35-37-39-47(51)56-44-45(43-55-42-41-46(49(53)54)50(3,4)5)57-48(52)40-38-36-34-32-30-28-25-23-21-19-17-15-13-11-9-7-2/h9,11,14-17,20-23,26-28,30-31,33-34,36,45-46H,6-8,10,12-13,18-19,24-25,29,32,35,37-44H2,1-5H3/p+1/b11-9+,16-14+,17-15+,22-20+,23-21+,27-26+,30-28+,33-31+,36-34+. The number of aliphatic carboxylic acids is 1. The van der Waals surface area contributed by atoms with E-state index >= 15 is 0 Å². The van der Waals surface area contributed by atoms with E-state index in [0.29, 0.717) is 19.3 Å². The van der Waals surface area contributed by atoms with E-state index in [-0.39, 0.29) is 43.1 Å². The van der Waals surface area contributed by atoms with Gasteiger partial charge in [0.2, 0.25) is 0 Å². The number of hydrogen-bond acceptors (Lipinski definition) is 6. The Morgan fingerprint density at radius 1 is 0.544 bits per heavy atom. The van der Waals surface area contributed by atoms with Gasteiger partial charge in [-0.3, -0.25) is 9.59 Å². The minimum Gasteiger partial charge on any atom is -0.477 e. The monoisotopic (exact) mass is 793 g/mol. The lowest BCUT2D eigenvalue weighted by Crippen LogP contribution is -2.50. The van der Waals surface area contributed by atoms with Crippen LogP contribution in [-0.2, 0) is 28.6 Å². The quantitative estimate of drug-likeness (QED) is 0.0292. The topological polar surface area (TPSA) is 99.1 Å². The maximum atomic E-state index is 12.7. The molecule has 0 aromatic heterocycles. The van der Waals surface area contributed by atoms with Crippen LogP contribution in [0.2, 0.25) is 0 Å². The van der Waals surface area contributed by atoms with Gasteiger partial charge in [-0.2, -0.15) is 0 Å². The van der Waals surface area contributed by atoms with Crippen molar-refractivity contribution in [2.45, 2.75) is 142 Å². The fraction of sp³-hybridized carbons (Fsp3) is 0.571. The second-order valence-corrected chi connectivity index (χ2v) is 14.9. The number of nitrogens with zero attached hydrogens (tertiary/aromatic N) is 1. The number of unbranched alkanes of at least 4 members (excludes halogenated alkanes) is 4. The molecule has 0 saturated carbocycles. The van der Waals surface area contributed by atoms with Crippen LogP contribution >= 0.6 is 0 Å². The predicted molar refractivity (Wildman–Crippen MR) is 238 cm³/mol. The van der Waals surface area contributed by atoms with Crippen LogP contribution in [0, 0.1) is 0 Å². The van der Waals surface area contributed by atoms with Crippen LogP contribution in [0.3, 0.4) is 0 Å². The molecule has 8 heteroatoms. The van der Waals surface area contributed by atoms with Gasteiger partial charge in [-0.1, -0.05) is 136 Å². The molecule has 320 valence electrons. The van der Waals surface area contributed by atoms with Crippen molar-refractivity contribution in [3.8, 4) is 0 Å². The molecule has 0 aliphatic heterocycles. The highest BCUT2D eigenvalue weighted by molar-refractivity contribution is 5.72. The van der Waals surface area contributed by atoms with Crippen molar-refractivity contribution in [1.29, 1.82) is 0 Å². The average Bonchev–Trinajstić information content (AvgIpc) is 3.17. The maximum absolute atomic E-state index is 12.7. The van der Waals surface area contributed by atoms with Gasteiger partial charge in [0, 0.05) is 19.3 Å². The lowest BCUT2D eigenvalue weighted by Gasteiger charge is -2.31. The van der Waals surface area contributed by atoms with Crippen LogP contribution in [0.1, 0.15) is 129 Å². The summed E-state index contributed by atoms with van der Waals surface area (Å²) in [6.45, 7) is 4.42. The highest BCUT2D eigenvalue weighted by Crippen LogP contribution is 2.10. The van der Waals surface area contributed by atoms with Crippen molar-refractivity contribution in [3.05, 3.63) is 109 Å². The van der Waals surface area contributed by atoms with Crippen LogP contribution in [0.4, 0.5) is 0 Å². The Balaban J connectivity index is 4.60. The number of hydrogen-bond donors (Lipinski definition) is 1. The van der Waals surface area contributed by atoms with Gasteiger partial charge in [0.1, 0.15) is 6.61 Å². The molecule has 8 nitrogen and oxygen atoms in total. The molecule has 0 aromatic carbocycles. The summed E-state index contributed by atoms with van der Waals surface area (Å²) in [5, 5.41) is 9.61. The van der Waals surface area contributed by atoms with E-state index in [1.165, 1.54) is 25.7 Å². The van der Waals surface area contributed by atoms with Crippen molar-refractivity contribution in [2.24, 2.45) is 0 Å². The molecule has 0 amide bonds. The Kier molecular flexibility index (Phi) is 36.1. The normalized spacial score (nSPS) is 14.1. The summed E-state index contributed by atoms with van der Waals surface area (Å²) in [5.41, 5.74) is 0. The fourth-order valence-corrected chi connectivity index (χ4v) is 5.37. The van der Waals surface area contributed by atoms with Crippen LogP contribution in [0.15, 0.2) is 109 Å². The third kappa shape index (κ3) is 37.3. The van der Waals surface area contributed by atoms with Crippen molar-refractivity contribution >= 4 is 17.9 Å². The zero-order valence-electron chi connectivity index (χ0n) is 36.2. The Hall–Kier alpha value is -4.01. The number of carboxylic acid groups (broad SMARTS) is 1. The molecule has 57 heavy (non-hydrogen) atoms. The molecule has 0 aliphatic rings. The summed E-state index contributed by atoms with van der Waals surface area (Å²) < 4.78 is 17.1. The fourth-order valence-electron chi connectivity index (χ4n) is 5.37. The number of carbonyl (C=O) groups is 3. The lowest BCUT2D eigenvalue weighted by atomic mass is 10.1. The highest BCUT2D eigenvalue weighted by atomic mass is 16.6. The molecule has 0 spiro atoms. The van der Waals surface area contributed by atoms with E-state index < -0.39 is 24.1 Å². The molecule has 2 atom stereocenters. The van der Waals surface area contributed by atoms with E-state index in [1.54, 1.807) is 0 Å². The van der Waals surface area contributed by atoms with E-state index in [0.717, 1.165) is 57.8 Å². The molecule has 0 saturated heterocycles. The van der Waals surface area contributed by atoms with Crippen molar-refractivity contribution < 1.29 is 38.2 Å². The van der Waals surface area contributed by atoms with E-state index in [4.69, 9.17) is 14.2 Å². The molecule has 0 rings (SSSR count). The minimum absolute atomic E-state index is 0.00634. The van der Waals surface area contributed by atoms with Crippen LogP contribution in [0.5, 0.6) is 0 Å². The Labute approximate surface area is 347 Å². The third-order valence-electron chi connectivity index (χ3n) is 8.67. The molecular formula is C49H78NO7+. The smallest absolute Gasteiger partial charge is 0.362 e. The van der Waals surface area contributed by atoms with Crippen LogP contribution < -0.4 is 0 Å². The highest BCUT2D eigenvalue weighted by Gasteiger charge is 2.31. The first kappa shape index (κ1) is 53.0. The molecule has 2 unspecified atom stereocenters.